The summed E-state index contributed by atoms with van der Waals surface area (Å²) in [7, 11) is 0. The number of rotatable bonds is 4. The summed E-state index contributed by atoms with van der Waals surface area (Å²) >= 11 is 0. The molecule has 0 bridgehead atoms. The monoisotopic (exact) mass is 236 g/mol. The summed E-state index contributed by atoms with van der Waals surface area (Å²) in [6.07, 6.45) is 5.31. The van der Waals surface area contributed by atoms with Crippen LogP contribution in [0.15, 0.2) is 6.20 Å². The van der Waals surface area contributed by atoms with E-state index in [0.29, 0.717) is 0 Å². The maximum Gasteiger partial charge on any atom is 0.358 e. The van der Waals surface area contributed by atoms with Gasteiger partial charge in [-0.25, -0.2) is 9.48 Å². The molecule has 0 spiro atoms. The van der Waals surface area contributed by atoms with Gasteiger partial charge in [-0.2, -0.15) is 0 Å². The summed E-state index contributed by atoms with van der Waals surface area (Å²) < 4.78 is 1.70. The molecule has 0 aromatic carbocycles. The number of aromatic carboxylic acids is 1. The highest BCUT2D eigenvalue weighted by molar-refractivity contribution is 5.84. The predicted molar refractivity (Wildman–Crippen MR) is 59.8 cm³/mol. The maximum absolute atomic E-state index is 10.7. The van der Waals surface area contributed by atoms with Crippen LogP contribution in [-0.2, 0) is 0 Å². The smallest absolute Gasteiger partial charge is 0.358 e. The lowest BCUT2D eigenvalue weighted by molar-refractivity contribution is 0.0690. The molecular formula is C11H16N4O2. The molecule has 0 radical (unpaired) electrons. The van der Waals surface area contributed by atoms with Gasteiger partial charge in [0.05, 0.1) is 12.2 Å². The van der Waals surface area contributed by atoms with Gasteiger partial charge in [0.15, 0.2) is 5.69 Å². The molecule has 0 amide bonds. The lowest BCUT2D eigenvalue weighted by Crippen LogP contribution is -2.24. The van der Waals surface area contributed by atoms with Crippen LogP contribution >= 0.6 is 0 Å². The van der Waals surface area contributed by atoms with E-state index in [2.05, 4.69) is 15.2 Å². The highest BCUT2D eigenvalue weighted by Crippen LogP contribution is 2.32. The van der Waals surface area contributed by atoms with Gasteiger partial charge >= 0.3 is 5.97 Å². The summed E-state index contributed by atoms with van der Waals surface area (Å²) in [6, 6.07) is 0.286. The van der Waals surface area contributed by atoms with Gasteiger partial charge in [0, 0.05) is 19.6 Å². The molecule has 3 rings (SSSR count). The van der Waals surface area contributed by atoms with Crippen molar-refractivity contribution >= 4 is 5.97 Å². The Balaban J connectivity index is 1.62. The van der Waals surface area contributed by atoms with Crippen LogP contribution in [0.1, 0.15) is 35.8 Å². The van der Waals surface area contributed by atoms with E-state index in [9.17, 15) is 4.79 Å². The summed E-state index contributed by atoms with van der Waals surface area (Å²) in [5, 5.41) is 16.4. The fourth-order valence-electron chi connectivity index (χ4n) is 2.41. The number of likely N-dealkylation sites (tertiary alicyclic amines) is 1. The van der Waals surface area contributed by atoms with Gasteiger partial charge in [0.25, 0.3) is 0 Å². The minimum Gasteiger partial charge on any atom is -0.476 e. The molecule has 17 heavy (non-hydrogen) atoms. The van der Waals surface area contributed by atoms with Crippen molar-refractivity contribution in [2.75, 3.05) is 19.6 Å². The van der Waals surface area contributed by atoms with Crippen molar-refractivity contribution in [2.24, 2.45) is 5.92 Å². The third-order valence-electron chi connectivity index (χ3n) is 3.56. The van der Waals surface area contributed by atoms with Crippen molar-refractivity contribution in [2.45, 2.75) is 25.3 Å². The van der Waals surface area contributed by atoms with Gasteiger partial charge in [-0.05, 0) is 25.2 Å². The number of hydrogen-bond donors (Lipinski definition) is 1. The molecule has 1 saturated heterocycles. The van der Waals surface area contributed by atoms with Crippen molar-refractivity contribution in [1.29, 1.82) is 0 Å². The van der Waals surface area contributed by atoms with Gasteiger partial charge < -0.3 is 10.0 Å². The average molecular weight is 236 g/mol. The Labute approximate surface area is 99.2 Å². The standard InChI is InChI=1S/C11H16N4O2/c16-11(17)10-7-15(13-12-10)9-3-4-14(6-9)5-8-1-2-8/h7-9H,1-6H2,(H,16,17)/t9-/m1/s1. The van der Waals surface area contributed by atoms with Crippen LogP contribution in [0, 0.1) is 5.92 Å². The molecule has 6 nitrogen and oxygen atoms in total. The molecule has 1 atom stereocenters. The Morgan fingerprint density at radius 3 is 2.94 bits per heavy atom. The number of nitrogens with zero attached hydrogens (tertiary/aromatic N) is 4. The maximum atomic E-state index is 10.7. The molecular weight excluding hydrogens is 220 g/mol. The molecule has 1 aliphatic carbocycles. The van der Waals surface area contributed by atoms with E-state index in [-0.39, 0.29) is 11.7 Å². The number of carbonyl (C=O) groups is 1. The zero-order chi connectivity index (χ0) is 11.8. The third kappa shape index (κ3) is 2.31. The Bertz CT molecular complexity index is 427. The minimum atomic E-state index is -1.01. The summed E-state index contributed by atoms with van der Waals surface area (Å²) in [5.41, 5.74) is 0.0330. The molecule has 0 unspecified atom stereocenters. The summed E-state index contributed by atoms with van der Waals surface area (Å²) in [5.74, 6) is -0.108. The first-order valence-corrected chi connectivity index (χ1v) is 6.10. The first kappa shape index (κ1) is 10.7. The van der Waals surface area contributed by atoms with Gasteiger partial charge in [0.2, 0.25) is 0 Å². The molecule has 2 aliphatic rings. The second-order valence-electron chi connectivity index (χ2n) is 5.03. The molecule has 92 valence electrons. The van der Waals surface area contributed by atoms with Gasteiger partial charge in [0.1, 0.15) is 0 Å². The number of aromatic nitrogens is 3. The normalized spacial score (nSPS) is 25.3. The van der Waals surface area contributed by atoms with Crippen molar-refractivity contribution < 1.29 is 9.90 Å². The zero-order valence-electron chi connectivity index (χ0n) is 9.62. The van der Waals surface area contributed by atoms with E-state index in [1.807, 2.05) is 0 Å². The average Bonchev–Trinajstić information content (AvgIpc) is 2.82. The Kier molecular flexibility index (Phi) is 2.58. The van der Waals surface area contributed by atoms with E-state index in [1.165, 1.54) is 25.6 Å². The van der Waals surface area contributed by atoms with Crippen LogP contribution in [0.25, 0.3) is 0 Å². The summed E-state index contributed by atoms with van der Waals surface area (Å²) in [4.78, 5) is 13.2. The third-order valence-corrected chi connectivity index (χ3v) is 3.56. The number of carboxylic acid groups (broad SMARTS) is 1. The van der Waals surface area contributed by atoms with Crippen LogP contribution in [-0.4, -0.2) is 50.6 Å². The predicted octanol–water partition coefficient (Wildman–Crippen LogP) is 0.633. The largest absolute Gasteiger partial charge is 0.476 e. The molecule has 2 fully saturated rings. The highest BCUT2D eigenvalue weighted by Gasteiger charge is 2.30. The molecule has 1 aromatic rings. The quantitative estimate of drug-likeness (QED) is 0.830. The van der Waals surface area contributed by atoms with Crippen LogP contribution in [0.2, 0.25) is 0 Å². The van der Waals surface area contributed by atoms with Crippen molar-refractivity contribution in [3.8, 4) is 0 Å². The zero-order valence-corrected chi connectivity index (χ0v) is 9.62. The fourth-order valence-corrected chi connectivity index (χ4v) is 2.41. The van der Waals surface area contributed by atoms with Gasteiger partial charge in [-0.15, -0.1) is 5.10 Å². The summed E-state index contributed by atoms with van der Waals surface area (Å²) in [6.45, 7) is 3.25. The van der Waals surface area contributed by atoms with E-state index in [4.69, 9.17) is 5.11 Å². The molecule has 1 aliphatic heterocycles. The highest BCUT2D eigenvalue weighted by atomic mass is 16.4. The van der Waals surface area contributed by atoms with Crippen LogP contribution in [0.5, 0.6) is 0 Å². The first-order chi connectivity index (χ1) is 8.22. The molecule has 1 N–H and O–H groups in total. The van der Waals surface area contributed by atoms with E-state index in [0.717, 1.165) is 25.4 Å². The van der Waals surface area contributed by atoms with E-state index < -0.39 is 5.97 Å². The number of hydrogen-bond acceptors (Lipinski definition) is 4. The Morgan fingerprint density at radius 2 is 2.29 bits per heavy atom. The van der Waals surface area contributed by atoms with E-state index >= 15 is 0 Å². The Hall–Kier alpha value is -1.43. The van der Waals surface area contributed by atoms with Gasteiger partial charge in [-0.3, -0.25) is 0 Å². The minimum absolute atomic E-state index is 0.0330. The lowest BCUT2D eigenvalue weighted by Gasteiger charge is -2.14. The van der Waals surface area contributed by atoms with E-state index in [1.54, 1.807) is 4.68 Å². The topological polar surface area (TPSA) is 71.2 Å². The number of carboxylic acids is 1. The fraction of sp³-hybridized carbons (Fsp3) is 0.727. The molecule has 6 heteroatoms. The first-order valence-electron chi connectivity index (χ1n) is 6.10. The Morgan fingerprint density at radius 1 is 1.47 bits per heavy atom. The SMILES string of the molecule is O=C(O)c1cn([C@@H]2CCN(CC3CC3)C2)nn1. The van der Waals surface area contributed by atoms with Gasteiger partial charge in [-0.1, -0.05) is 5.21 Å². The van der Waals surface area contributed by atoms with Crippen molar-refractivity contribution in [1.82, 2.24) is 19.9 Å². The van der Waals surface area contributed by atoms with Crippen LogP contribution in [0.4, 0.5) is 0 Å². The molecule has 1 saturated carbocycles. The van der Waals surface area contributed by atoms with Crippen LogP contribution < -0.4 is 0 Å². The lowest BCUT2D eigenvalue weighted by atomic mass is 10.3. The second-order valence-corrected chi connectivity index (χ2v) is 5.03. The van der Waals surface area contributed by atoms with Crippen molar-refractivity contribution in [3.63, 3.8) is 0 Å². The van der Waals surface area contributed by atoms with Crippen molar-refractivity contribution in [3.05, 3.63) is 11.9 Å². The second kappa shape index (κ2) is 4.10. The van der Waals surface area contributed by atoms with Crippen LogP contribution in [0.3, 0.4) is 0 Å². The molecule has 1 aromatic heterocycles. The molecule has 2 heterocycles.